The van der Waals surface area contributed by atoms with Crippen LogP contribution >= 0.6 is 31.9 Å². The van der Waals surface area contributed by atoms with Gasteiger partial charge in [-0.3, -0.25) is 4.79 Å². The SMILES string of the molecule is O=C(N/N=C\C=C\c1ccco1)c1cc2cc(Br)cc(Br)c2o1. The number of hydrogen-bond donors (Lipinski definition) is 1. The van der Waals surface area contributed by atoms with Crippen LogP contribution in [0.25, 0.3) is 17.0 Å². The van der Waals surface area contributed by atoms with E-state index in [1.54, 1.807) is 30.5 Å². The molecule has 0 atom stereocenters. The van der Waals surface area contributed by atoms with Gasteiger partial charge in [-0.1, -0.05) is 15.9 Å². The highest BCUT2D eigenvalue weighted by molar-refractivity contribution is 9.11. The number of nitrogens with one attached hydrogen (secondary N) is 1. The quantitative estimate of drug-likeness (QED) is 0.462. The minimum absolute atomic E-state index is 0.186. The molecule has 1 amide bonds. The average Bonchev–Trinajstić information content (AvgIpc) is 3.15. The summed E-state index contributed by atoms with van der Waals surface area (Å²) in [4.78, 5) is 12.0. The zero-order valence-electron chi connectivity index (χ0n) is 11.6. The molecule has 0 unspecified atom stereocenters. The second-order valence-electron chi connectivity index (χ2n) is 4.51. The van der Waals surface area contributed by atoms with E-state index in [1.807, 2.05) is 18.2 Å². The fraction of sp³-hybridized carbons (Fsp3) is 0. The maximum atomic E-state index is 12.0. The van der Waals surface area contributed by atoms with E-state index < -0.39 is 5.91 Å². The Balaban J connectivity index is 1.67. The first-order chi connectivity index (χ1) is 11.1. The summed E-state index contributed by atoms with van der Waals surface area (Å²) in [6.07, 6.45) is 6.42. The maximum Gasteiger partial charge on any atom is 0.307 e. The van der Waals surface area contributed by atoms with Gasteiger partial charge >= 0.3 is 5.91 Å². The number of furan rings is 2. The zero-order valence-corrected chi connectivity index (χ0v) is 14.8. The number of fused-ring (bicyclic) bond motifs is 1. The summed E-state index contributed by atoms with van der Waals surface area (Å²) < 4.78 is 12.3. The lowest BCUT2D eigenvalue weighted by Crippen LogP contribution is -2.16. The number of allylic oxidation sites excluding steroid dienone is 1. The molecule has 0 radical (unpaired) electrons. The number of carbonyl (C=O) groups is 1. The number of hydrogen-bond acceptors (Lipinski definition) is 4. The molecular formula is C16H10Br2N2O3. The molecule has 0 aliphatic carbocycles. The Morgan fingerprint density at radius 3 is 2.91 bits per heavy atom. The van der Waals surface area contributed by atoms with Crippen molar-refractivity contribution in [2.45, 2.75) is 0 Å². The van der Waals surface area contributed by atoms with E-state index in [0.29, 0.717) is 11.3 Å². The van der Waals surface area contributed by atoms with Gasteiger partial charge in [0, 0.05) is 16.1 Å². The largest absolute Gasteiger partial charge is 0.465 e. The molecule has 7 heteroatoms. The van der Waals surface area contributed by atoms with Crippen molar-refractivity contribution in [1.29, 1.82) is 0 Å². The van der Waals surface area contributed by atoms with Gasteiger partial charge in [0.1, 0.15) is 11.3 Å². The first-order valence-electron chi connectivity index (χ1n) is 6.55. The van der Waals surface area contributed by atoms with Gasteiger partial charge in [0.25, 0.3) is 0 Å². The first kappa shape index (κ1) is 15.8. The maximum absolute atomic E-state index is 12.0. The highest BCUT2D eigenvalue weighted by Gasteiger charge is 2.13. The van der Waals surface area contributed by atoms with Crippen LogP contribution < -0.4 is 5.43 Å². The first-order valence-corrected chi connectivity index (χ1v) is 8.14. The number of rotatable bonds is 4. The number of carbonyl (C=O) groups excluding carboxylic acids is 1. The van der Waals surface area contributed by atoms with Gasteiger partial charge in [-0.15, -0.1) is 0 Å². The molecule has 0 aliphatic rings. The standard InChI is InChI=1S/C16H10Br2N2O3/c17-11-7-10-8-14(23-15(10)13(18)9-11)16(21)20-19-5-1-3-12-4-2-6-22-12/h1-9H,(H,20,21)/b3-1+,19-5-. The van der Waals surface area contributed by atoms with E-state index in [-0.39, 0.29) is 5.76 Å². The number of benzene rings is 1. The van der Waals surface area contributed by atoms with Crippen LogP contribution in [0.5, 0.6) is 0 Å². The predicted molar refractivity (Wildman–Crippen MR) is 95.3 cm³/mol. The van der Waals surface area contributed by atoms with E-state index in [1.165, 1.54) is 6.21 Å². The van der Waals surface area contributed by atoms with Crippen molar-refractivity contribution < 1.29 is 13.6 Å². The Hall–Kier alpha value is -2.12. The Morgan fingerprint density at radius 2 is 2.13 bits per heavy atom. The number of nitrogens with zero attached hydrogens (tertiary/aromatic N) is 1. The molecule has 0 saturated heterocycles. The highest BCUT2D eigenvalue weighted by atomic mass is 79.9. The van der Waals surface area contributed by atoms with E-state index >= 15 is 0 Å². The smallest absolute Gasteiger partial charge is 0.307 e. The van der Waals surface area contributed by atoms with Gasteiger partial charge in [0.05, 0.1) is 10.7 Å². The summed E-state index contributed by atoms with van der Waals surface area (Å²) in [5, 5.41) is 4.64. The Kier molecular flexibility index (Phi) is 4.78. The molecule has 116 valence electrons. The average molecular weight is 438 g/mol. The monoisotopic (exact) mass is 436 g/mol. The van der Waals surface area contributed by atoms with Crippen molar-refractivity contribution >= 4 is 61.0 Å². The van der Waals surface area contributed by atoms with Crippen LogP contribution in [0.15, 0.2) is 65.6 Å². The van der Waals surface area contributed by atoms with Crippen molar-refractivity contribution in [3.63, 3.8) is 0 Å². The molecule has 23 heavy (non-hydrogen) atoms. The summed E-state index contributed by atoms with van der Waals surface area (Å²) in [6.45, 7) is 0. The lowest BCUT2D eigenvalue weighted by molar-refractivity contribution is 0.0929. The molecule has 0 spiro atoms. The second kappa shape index (κ2) is 6.97. The minimum atomic E-state index is -0.424. The van der Waals surface area contributed by atoms with E-state index in [9.17, 15) is 4.79 Å². The fourth-order valence-electron chi connectivity index (χ4n) is 1.91. The van der Waals surface area contributed by atoms with Crippen molar-refractivity contribution in [1.82, 2.24) is 5.43 Å². The topological polar surface area (TPSA) is 67.7 Å². The molecule has 0 bridgehead atoms. The van der Waals surface area contributed by atoms with Gasteiger partial charge in [-0.05, 0) is 58.4 Å². The number of halogens is 2. The molecule has 2 aromatic heterocycles. The predicted octanol–water partition coefficient (Wildman–Crippen LogP) is 4.98. The number of amides is 1. The molecule has 1 N–H and O–H groups in total. The van der Waals surface area contributed by atoms with E-state index in [0.717, 1.165) is 14.3 Å². The lowest BCUT2D eigenvalue weighted by Gasteiger charge is -1.94. The van der Waals surface area contributed by atoms with Gasteiger partial charge in [0.15, 0.2) is 5.76 Å². The van der Waals surface area contributed by atoms with Crippen LogP contribution in [-0.4, -0.2) is 12.1 Å². The van der Waals surface area contributed by atoms with E-state index in [4.69, 9.17) is 8.83 Å². The molecule has 0 saturated carbocycles. The van der Waals surface area contributed by atoms with Gasteiger partial charge in [0.2, 0.25) is 0 Å². The Labute approximate surface area is 148 Å². The summed E-state index contributed by atoms with van der Waals surface area (Å²) in [5.74, 6) is 0.466. The normalized spacial score (nSPS) is 11.7. The van der Waals surface area contributed by atoms with Crippen molar-refractivity contribution in [3.05, 3.63) is 63.1 Å². The van der Waals surface area contributed by atoms with Gasteiger partial charge in [-0.25, -0.2) is 5.43 Å². The van der Waals surface area contributed by atoms with E-state index in [2.05, 4.69) is 42.4 Å². The Morgan fingerprint density at radius 1 is 1.26 bits per heavy atom. The molecule has 0 aliphatic heterocycles. The summed E-state index contributed by atoms with van der Waals surface area (Å²) in [7, 11) is 0. The Bertz CT molecular complexity index is 896. The molecule has 1 aromatic carbocycles. The van der Waals surface area contributed by atoms with Crippen LogP contribution in [-0.2, 0) is 0 Å². The van der Waals surface area contributed by atoms with Crippen LogP contribution in [0.4, 0.5) is 0 Å². The zero-order chi connectivity index (χ0) is 16.2. The molecule has 0 fully saturated rings. The molecular weight excluding hydrogens is 428 g/mol. The molecule has 5 nitrogen and oxygen atoms in total. The fourth-order valence-corrected chi connectivity index (χ4v) is 3.24. The summed E-state index contributed by atoms with van der Waals surface area (Å²) in [6, 6.07) is 8.99. The number of hydrazone groups is 1. The van der Waals surface area contributed by atoms with Crippen LogP contribution in [0.3, 0.4) is 0 Å². The third kappa shape index (κ3) is 3.80. The third-order valence-electron chi connectivity index (χ3n) is 2.89. The molecule has 3 aromatic rings. The highest BCUT2D eigenvalue weighted by Crippen LogP contribution is 2.30. The molecule has 2 heterocycles. The van der Waals surface area contributed by atoms with Crippen LogP contribution in [0, 0.1) is 0 Å². The van der Waals surface area contributed by atoms with Crippen LogP contribution in [0.2, 0.25) is 0 Å². The van der Waals surface area contributed by atoms with Crippen LogP contribution in [0.1, 0.15) is 16.3 Å². The lowest BCUT2D eigenvalue weighted by atomic mass is 10.2. The van der Waals surface area contributed by atoms with Gasteiger partial charge in [-0.2, -0.15) is 5.10 Å². The van der Waals surface area contributed by atoms with Crippen molar-refractivity contribution in [2.75, 3.05) is 0 Å². The van der Waals surface area contributed by atoms with Crippen molar-refractivity contribution in [3.8, 4) is 0 Å². The van der Waals surface area contributed by atoms with Crippen molar-refractivity contribution in [2.24, 2.45) is 5.10 Å². The summed E-state index contributed by atoms with van der Waals surface area (Å²) >= 11 is 6.79. The minimum Gasteiger partial charge on any atom is -0.465 e. The second-order valence-corrected chi connectivity index (χ2v) is 6.28. The third-order valence-corrected chi connectivity index (χ3v) is 3.94. The van der Waals surface area contributed by atoms with Gasteiger partial charge < -0.3 is 8.83 Å². The summed E-state index contributed by atoms with van der Waals surface area (Å²) in [5.41, 5.74) is 3.01. The molecule has 3 rings (SSSR count).